The number of halogens is 1. The Bertz CT molecular complexity index is 296. The molecule has 1 N–H and O–H groups in total. The van der Waals surface area contributed by atoms with Crippen molar-refractivity contribution in [3.8, 4) is 0 Å². The predicted molar refractivity (Wildman–Crippen MR) is 62.9 cm³/mol. The van der Waals surface area contributed by atoms with Gasteiger partial charge in [-0.15, -0.1) is 11.6 Å². The molecule has 2 nitrogen and oxygen atoms in total. The maximum absolute atomic E-state index is 5.78. The summed E-state index contributed by atoms with van der Waals surface area (Å²) in [6, 6.07) is 4.07. The summed E-state index contributed by atoms with van der Waals surface area (Å²) in [5, 5.41) is 3.49. The highest BCUT2D eigenvalue weighted by molar-refractivity contribution is 6.17. The Morgan fingerprint density at radius 3 is 2.93 bits per heavy atom. The maximum atomic E-state index is 5.78. The lowest BCUT2D eigenvalue weighted by atomic mass is 10.0. The first-order valence-corrected chi connectivity index (χ1v) is 6.04. The van der Waals surface area contributed by atoms with Crippen LogP contribution in [0, 0.1) is 5.41 Å². The van der Waals surface area contributed by atoms with Crippen molar-refractivity contribution < 1.29 is 0 Å². The van der Waals surface area contributed by atoms with E-state index in [1.807, 2.05) is 12.3 Å². The van der Waals surface area contributed by atoms with E-state index in [4.69, 9.17) is 11.6 Å². The molecule has 0 unspecified atom stereocenters. The van der Waals surface area contributed by atoms with Gasteiger partial charge in [0.05, 0.1) is 0 Å². The standard InChI is InChI=1S/C12H17ClN2/c13-6-5-12(3-4-12)10-15-9-11-2-1-7-14-8-11/h1-2,7-8,15H,3-6,9-10H2. The highest BCUT2D eigenvalue weighted by Crippen LogP contribution is 2.48. The molecular formula is C12H17ClN2. The first-order chi connectivity index (χ1) is 7.35. The molecular weight excluding hydrogens is 208 g/mol. The van der Waals surface area contributed by atoms with Crippen molar-refractivity contribution in [2.75, 3.05) is 12.4 Å². The molecule has 0 radical (unpaired) electrons. The SMILES string of the molecule is ClCCC1(CNCc2cccnc2)CC1. The maximum Gasteiger partial charge on any atom is 0.0312 e. The third-order valence-electron chi connectivity index (χ3n) is 3.13. The van der Waals surface area contributed by atoms with Crippen LogP contribution < -0.4 is 5.32 Å². The van der Waals surface area contributed by atoms with Crippen molar-refractivity contribution in [2.45, 2.75) is 25.8 Å². The lowest BCUT2D eigenvalue weighted by Gasteiger charge is -2.14. The first-order valence-electron chi connectivity index (χ1n) is 5.50. The molecule has 0 amide bonds. The summed E-state index contributed by atoms with van der Waals surface area (Å²) in [5.41, 5.74) is 1.77. The molecule has 1 aliphatic carbocycles. The largest absolute Gasteiger partial charge is 0.312 e. The van der Waals surface area contributed by atoms with E-state index < -0.39 is 0 Å². The van der Waals surface area contributed by atoms with Crippen LogP contribution in [0.15, 0.2) is 24.5 Å². The molecule has 0 aliphatic heterocycles. The van der Waals surface area contributed by atoms with Gasteiger partial charge >= 0.3 is 0 Å². The van der Waals surface area contributed by atoms with Crippen molar-refractivity contribution in [2.24, 2.45) is 5.41 Å². The summed E-state index contributed by atoms with van der Waals surface area (Å²) in [6.07, 6.45) is 7.53. The normalized spacial score (nSPS) is 17.7. The number of hydrogen-bond donors (Lipinski definition) is 1. The van der Waals surface area contributed by atoms with Crippen LogP contribution in [-0.4, -0.2) is 17.4 Å². The topological polar surface area (TPSA) is 24.9 Å². The molecule has 1 aromatic heterocycles. The molecule has 3 heteroatoms. The fourth-order valence-corrected chi connectivity index (χ4v) is 2.27. The summed E-state index contributed by atoms with van der Waals surface area (Å²) in [6.45, 7) is 2.01. The van der Waals surface area contributed by atoms with Gasteiger partial charge in [-0.2, -0.15) is 0 Å². The first kappa shape index (κ1) is 10.9. The van der Waals surface area contributed by atoms with Crippen LogP contribution in [0.3, 0.4) is 0 Å². The van der Waals surface area contributed by atoms with Crippen LogP contribution in [0.25, 0.3) is 0 Å². The molecule has 0 bridgehead atoms. The van der Waals surface area contributed by atoms with E-state index >= 15 is 0 Å². The molecule has 0 aromatic carbocycles. The van der Waals surface area contributed by atoms with E-state index in [2.05, 4.69) is 16.4 Å². The Balaban J connectivity index is 1.71. The number of pyridine rings is 1. The molecule has 1 aliphatic rings. The number of aromatic nitrogens is 1. The van der Waals surface area contributed by atoms with Crippen molar-refractivity contribution in [3.63, 3.8) is 0 Å². The lowest BCUT2D eigenvalue weighted by molar-refractivity contribution is 0.445. The molecule has 15 heavy (non-hydrogen) atoms. The molecule has 1 saturated carbocycles. The van der Waals surface area contributed by atoms with Gasteiger partial charge in [0, 0.05) is 31.4 Å². The second kappa shape index (κ2) is 4.95. The summed E-state index contributed by atoms with van der Waals surface area (Å²) in [4.78, 5) is 4.09. The van der Waals surface area contributed by atoms with Gasteiger partial charge in [0.15, 0.2) is 0 Å². The van der Waals surface area contributed by atoms with Gasteiger partial charge in [-0.3, -0.25) is 4.98 Å². The molecule has 1 heterocycles. The second-order valence-corrected chi connectivity index (χ2v) is 4.78. The van der Waals surface area contributed by atoms with Crippen molar-refractivity contribution in [1.29, 1.82) is 0 Å². The molecule has 0 atom stereocenters. The van der Waals surface area contributed by atoms with E-state index in [1.54, 1.807) is 6.20 Å². The fourth-order valence-electron chi connectivity index (χ4n) is 1.87. The van der Waals surface area contributed by atoms with Crippen molar-refractivity contribution in [3.05, 3.63) is 30.1 Å². The quantitative estimate of drug-likeness (QED) is 0.752. The Labute approximate surface area is 96.1 Å². The zero-order chi connectivity index (χ0) is 10.6. The third kappa shape index (κ3) is 3.18. The number of hydrogen-bond acceptors (Lipinski definition) is 2. The lowest BCUT2D eigenvalue weighted by Crippen LogP contribution is -2.24. The van der Waals surface area contributed by atoms with Crippen LogP contribution >= 0.6 is 11.6 Å². The monoisotopic (exact) mass is 224 g/mol. The number of nitrogens with one attached hydrogen (secondary N) is 1. The van der Waals surface area contributed by atoms with E-state index in [1.165, 1.54) is 18.4 Å². The molecule has 1 aromatic rings. The van der Waals surface area contributed by atoms with Gasteiger partial charge in [0.1, 0.15) is 0 Å². The van der Waals surface area contributed by atoms with Crippen molar-refractivity contribution in [1.82, 2.24) is 10.3 Å². The van der Waals surface area contributed by atoms with Gasteiger partial charge in [-0.25, -0.2) is 0 Å². The zero-order valence-corrected chi connectivity index (χ0v) is 9.63. The molecule has 1 fully saturated rings. The van der Waals surface area contributed by atoms with Gasteiger partial charge in [-0.1, -0.05) is 6.07 Å². The Morgan fingerprint density at radius 1 is 1.47 bits per heavy atom. The highest BCUT2D eigenvalue weighted by atomic mass is 35.5. The van der Waals surface area contributed by atoms with Crippen LogP contribution in [0.1, 0.15) is 24.8 Å². The van der Waals surface area contributed by atoms with Gasteiger partial charge in [0.2, 0.25) is 0 Å². The summed E-state index contributed by atoms with van der Waals surface area (Å²) in [7, 11) is 0. The molecule has 0 saturated heterocycles. The summed E-state index contributed by atoms with van der Waals surface area (Å²) in [5.74, 6) is 0.786. The molecule has 0 spiro atoms. The van der Waals surface area contributed by atoms with Crippen LogP contribution in [0.4, 0.5) is 0 Å². The van der Waals surface area contributed by atoms with Gasteiger partial charge < -0.3 is 5.32 Å². The smallest absolute Gasteiger partial charge is 0.0312 e. The molecule has 2 rings (SSSR count). The van der Waals surface area contributed by atoms with E-state index in [0.29, 0.717) is 5.41 Å². The van der Waals surface area contributed by atoms with Crippen LogP contribution in [0.5, 0.6) is 0 Å². The Hall–Kier alpha value is -0.600. The summed E-state index contributed by atoms with van der Waals surface area (Å²) >= 11 is 5.78. The Morgan fingerprint density at radius 2 is 2.33 bits per heavy atom. The van der Waals surface area contributed by atoms with Crippen LogP contribution in [-0.2, 0) is 6.54 Å². The minimum absolute atomic E-state index is 0.518. The van der Waals surface area contributed by atoms with Crippen molar-refractivity contribution >= 4 is 11.6 Å². The minimum atomic E-state index is 0.518. The fraction of sp³-hybridized carbons (Fsp3) is 0.583. The second-order valence-electron chi connectivity index (χ2n) is 4.40. The van der Waals surface area contributed by atoms with Crippen LogP contribution in [0.2, 0.25) is 0 Å². The molecule has 82 valence electrons. The average molecular weight is 225 g/mol. The van der Waals surface area contributed by atoms with E-state index in [0.717, 1.165) is 25.4 Å². The third-order valence-corrected chi connectivity index (χ3v) is 3.32. The van der Waals surface area contributed by atoms with E-state index in [-0.39, 0.29) is 0 Å². The average Bonchev–Trinajstić information content (AvgIpc) is 3.00. The van der Waals surface area contributed by atoms with Gasteiger partial charge in [-0.05, 0) is 36.3 Å². The summed E-state index contributed by atoms with van der Waals surface area (Å²) < 4.78 is 0. The number of nitrogens with zero attached hydrogens (tertiary/aromatic N) is 1. The number of rotatable bonds is 6. The number of alkyl halides is 1. The van der Waals surface area contributed by atoms with Gasteiger partial charge in [0.25, 0.3) is 0 Å². The predicted octanol–water partition coefficient (Wildman–Crippen LogP) is 2.58. The Kier molecular flexibility index (Phi) is 3.60. The van der Waals surface area contributed by atoms with E-state index in [9.17, 15) is 0 Å². The zero-order valence-electron chi connectivity index (χ0n) is 8.88. The minimum Gasteiger partial charge on any atom is -0.312 e. The highest BCUT2D eigenvalue weighted by Gasteiger charge is 2.40.